The zero-order valence-electron chi connectivity index (χ0n) is 16.6. The molecule has 0 unspecified atom stereocenters. The molecule has 150 valence electrons. The van der Waals surface area contributed by atoms with E-state index in [0.29, 0.717) is 28.8 Å². The fourth-order valence-corrected chi connectivity index (χ4v) is 3.93. The van der Waals surface area contributed by atoms with Crippen LogP contribution in [0.15, 0.2) is 46.9 Å². The van der Waals surface area contributed by atoms with Crippen LogP contribution < -0.4 is 4.90 Å². The minimum atomic E-state index is -0.233. The van der Waals surface area contributed by atoms with Crippen molar-refractivity contribution in [2.24, 2.45) is 0 Å². The maximum Gasteiger partial charge on any atom is 0.306 e. The van der Waals surface area contributed by atoms with Gasteiger partial charge in [-0.1, -0.05) is 60.4 Å². The maximum atomic E-state index is 12.6. The lowest BCUT2D eigenvalue weighted by Gasteiger charge is -2.14. The van der Waals surface area contributed by atoms with E-state index in [2.05, 4.69) is 0 Å². The summed E-state index contributed by atoms with van der Waals surface area (Å²) in [6.45, 7) is 3.58. The monoisotopic (exact) mass is 419 g/mol. The Morgan fingerprint density at radius 2 is 2.00 bits per heavy atom. The molecule has 0 aliphatic carbocycles. The molecule has 1 fully saturated rings. The Balaban J connectivity index is 1.86. The van der Waals surface area contributed by atoms with E-state index in [4.69, 9.17) is 17.0 Å². The van der Waals surface area contributed by atoms with E-state index in [1.165, 1.54) is 16.7 Å². The van der Waals surface area contributed by atoms with Crippen molar-refractivity contribution in [3.05, 3.63) is 52.4 Å². The quantitative estimate of drug-likeness (QED) is 0.378. The van der Waals surface area contributed by atoms with Gasteiger partial charge in [0.1, 0.15) is 17.5 Å². The highest BCUT2D eigenvalue weighted by Crippen LogP contribution is 2.32. The number of rotatable bonds is 9. The van der Waals surface area contributed by atoms with E-state index in [-0.39, 0.29) is 18.3 Å². The SMILES string of the molecule is CC(/C=C1\SC(=S)N(CCCC(=O)OCC[NH+](C)C)C1=O)=C\c1ccccc1. The smallest absolute Gasteiger partial charge is 0.306 e. The molecule has 0 radical (unpaired) electrons. The first kappa shape index (κ1) is 22.3. The molecule has 1 N–H and O–H groups in total. The lowest BCUT2D eigenvalue weighted by molar-refractivity contribution is -0.858. The van der Waals surface area contributed by atoms with Crippen LogP contribution in [0.3, 0.4) is 0 Å². The molecule has 0 bridgehead atoms. The highest BCUT2D eigenvalue weighted by atomic mass is 32.2. The minimum Gasteiger partial charge on any atom is -0.460 e. The summed E-state index contributed by atoms with van der Waals surface area (Å²) in [6.07, 6.45) is 4.71. The summed E-state index contributed by atoms with van der Waals surface area (Å²) in [6, 6.07) is 9.95. The summed E-state index contributed by atoms with van der Waals surface area (Å²) < 4.78 is 5.72. The van der Waals surface area contributed by atoms with Gasteiger partial charge in [0.2, 0.25) is 0 Å². The number of benzene rings is 1. The van der Waals surface area contributed by atoms with Crippen molar-refractivity contribution in [1.29, 1.82) is 0 Å². The molecule has 1 heterocycles. The van der Waals surface area contributed by atoms with Crippen molar-refractivity contribution in [2.45, 2.75) is 19.8 Å². The van der Waals surface area contributed by atoms with Gasteiger partial charge in [-0.2, -0.15) is 0 Å². The molecular formula is C21H27N2O3S2+. The second kappa shape index (κ2) is 11.1. The van der Waals surface area contributed by atoms with Crippen LogP contribution in [-0.4, -0.2) is 54.9 Å². The van der Waals surface area contributed by atoms with Crippen molar-refractivity contribution < 1.29 is 19.2 Å². The Bertz CT molecular complexity index is 773. The molecule has 1 aromatic carbocycles. The molecule has 1 saturated heterocycles. The largest absolute Gasteiger partial charge is 0.460 e. The highest BCUT2D eigenvalue weighted by Gasteiger charge is 2.31. The molecule has 1 aliphatic heterocycles. The summed E-state index contributed by atoms with van der Waals surface area (Å²) in [4.78, 5) is 27.8. The van der Waals surface area contributed by atoms with Gasteiger partial charge in [-0.25, -0.2) is 0 Å². The van der Waals surface area contributed by atoms with E-state index in [9.17, 15) is 9.59 Å². The molecular weight excluding hydrogens is 392 g/mol. The number of hydrogen-bond acceptors (Lipinski definition) is 5. The van der Waals surface area contributed by atoms with E-state index >= 15 is 0 Å². The second-order valence-electron chi connectivity index (χ2n) is 6.91. The number of allylic oxidation sites excluding steroid dienone is 2. The van der Waals surface area contributed by atoms with Crippen LogP contribution in [0.5, 0.6) is 0 Å². The standard InChI is InChI=1S/C21H26N2O3S2/c1-16(14-17-8-5-4-6-9-17)15-18-20(25)23(21(27)28-18)11-7-10-19(24)26-13-12-22(2)3/h4-6,8-9,14-15H,7,10-13H2,1-3H3/p+1/b16-14+,18-15-. The Kier molecular flexibility index (Phi) is 8.89. The number of ether oxygens (including phenoxy) is 1. The number of nitrogens with one attached hydrogen (secondary N) is 1. The number of nitrogens with zero attached hydrogens (tertiary/aromatic N) is 1. The number of carbonyl (C=O) groups excluding carboxylic acids is 2. The van der Waals surface area contributed by atoms with Crippen molar-refractivity contribution in [1.82, 2.24) is 4.90 Å². The molecule has 0 spiro atoms. The lowest BCUT2D eigenvalue weighted by Crippen LogP contribution is -3.06. The average molecular weight is 420 g/mol. The van der Waals surface area contributed by atoms with E-state index < -0.39 is 0 Å². The molecule has 0 aromatic heterocycles. The van der Waals surface area contributed by atoms with Crippen LogP contribution >= 0.6 is 24.0 Å². The topological polar surface area (TPSA) is 51.1 Å². The normalized spacial score (nSPS) is 16.4. The number of carbonyl (C=O) groups is 2. The molecule has 1 aromatic rings. The van der Waals surface area contributed by atoms with Gasteiger partial charge in [0.05, 0.1) is 19.0 Å². The van der Waals surface area contributed by atoms with Gasteiger partial charge in [0, 0.05) is 13.0 Å². The van der Waals surface area contributed by atoms with E-state index in [0.717, 1.165) is 17.7 Å². The Morgan fingerprint density at radius 1 is 1.29 bits per heavy atom. The summed E-state index contributed by atoms with van der Waals surface area (Å²) in [5.74, 6) is -0.329. The highest BCUT2D eigenvalue weighted by molar-refractivity contribution is 8.26. The first-order valence-corrected chi connectivity index (χ1v) is 10.5. The molecule has 28 heavy (non-hydrogen) atoms. The average Bonchev–Trinajstić information content (AvgIpc) is 2.89. The van der Waals surface area contributed by atoms with Crippen LogP contribution in [0, 0.1) is 0 Å². The van der Waals surface area contributed by atoms with Crippen molar-refractivity contribution >= 4 is 46.3 Å². The number of hydrogen-bond donors (Lipinski definition) is 1. The van der Waals surface area contributed by atoms with Crippen LogP contribution in [0.2, 0.25) is 0 Å². The second-order valence-corrected chi connectivity index (χ2v) is 8.59. The molecule has 1 aliphatic rings. The van der Waals surface area contributed by atoms with Gasteiger partial charge in [0.15, 0.2) is 0 Å². The first-order chi connectivity index (χ1) is 13.4. The fourth-order valence-electron chi connectivity index (χ4n) is 2.58. The molecule has 2 rings (SSSR count). The number of quaternary nitrogens is 1. The van der Waals surface area contributed by atoms with Gasteiger partial charge < -0.3 is 9.64 Å². The lowest BCUT2D eigenvalue weighted by atomic mass is 10.1. The van der Waals surface area contributed by atoms with Gasteiger partial charge in [0.25, 0.3) is 5.91 Å². The third-order valence-corrected chi connectivity index (χ3v) is 5.43. The van der Waals surface area contributed by atoms with Crippen molar-refractivity contribution in [3.63, 3.8) is 0 Å². The van der Waals surface area contributed by atoms with Crippen molar-refractivity contribution in [3.8, 4) is 0 Å². The van der Waals surface area contributed by atoms with Crippen molar-refractivity contribution in [2.75, 3.05) is 33.8 Å². The van der Waals surface area contributed by atoms with Crippen LogP contribution in [0.4, 0.5) is 0 Å². The van der Waals surface area contributed by atoms with Crippen LogP contribution in [0.25, 0.3) is 6.08 Å². The molecule has 1 amide bonds. The summed E-state index contributed by atoms with van der Waals surface area (Å²) >= 11 is 6.65. The third-order valence-electron chi connectivity index (χ3n) is 4.05. The number of esters is 1. The maximum absolute atomic E-state index is 12.6. The molecule has 0 saturated carbocycles. The molecule has 0 atom stereocenters. The zero-order valence-corrected chi connectivity index (χ0v) is 18.2. The van der Waals surface area contributed by atoms with Gasteiger partial charge >= 0.3 is 5.97 Å². The van der Waals surface area contributed by atoms with Crippen LogP contribution in [-0.2, 0) is 14.3 Å². The fraction of sp³-hybridized carbons (Fsp3) is 0.381. The molecule has 5 nitrogen and oxygen atoms in total. The van der Waals surface area contributed by atoms with Gasteiger partial charge in [-0.3, -0.25) is 14.5 Å². The Hall–Kier alpha value is -1.96. The minimum absolute atomic E-state index is 0.0969. The Morgan fingerprint density at radius 3 is 2.68 bits per heavy atom. The number of amides is 1. The summed E-state index contributed by atoms with van der Waals surface area (Å²) in [7, 11) is 4.01. The van der Waals surface area contributed by atoms with E-state index in [1.54, 1.807) is 4.90 Å². The summed E-state index contributed by atoms with van der Waals surface area (Å²) in [5, 5.41) is 0. The number of likely N-dealkylation sites (N-methyl/N-ethyl adjacent to an activating group) is 1. The van der Waals surface area contributed by atoms with Gasteiger partial charge in [-0.15, -0.1) is 0 Å². The predicted molar refractivity (Wildman–Crippen MR) is 118 cm³/mol. The zero-order chi connectivity index (χ0) is 20.5. The summed E-state index contributed by atoms with van der Waals surface area (Å²) in [5.41, 5.74) is 2.07. The van der Waals surface area contributed by atoms with Gasteiger partial charge in [-0.05, 0) is 30.6 Å². The van der Waals surface area contributed by atoms with E-state index in [1.807, 2.05) is 63.5 Å². The predicted octanol–water partition coefficient (Wildman–Crippen LogP) is 2.30. The number of thioether (sulfide) groups is 1. The molecule has 7 heteroatoms. The first-order valence-electron chi connectivity index (χ1n) is 9.30. The number of thiocarbonyl (C=S) groups is 1. The Labute approximate surface area is 176 Å². The van der Waals surface area contributed by atoms with Crippen LogP contribution in [0.1, 0.15) is 25.3 Å². The third kappa shape index (κ3) is 7.22.